The molecule has 0 radical (unpaired) electrons. The van der Waals surface area contributed by atoms with E-state index in [0.29, 0.717) is 62.6 Å². The average molecular weight is 519 g/mol. The maximum Gasteiger partial charge on any atom is 0.256 e. The van der Waals surface area contributed by atoms with E-state index >= 15 is 0 Å². The number of hydrogen-bond acceptors (Lipinski definition) is 7. The minimum atomic E-state index is -3.77. The zero-order valence-corrected chi connectivity index (χ0v) is 21.2. The summed E-state index contributed by atoms with van der Waals surface area (Å²) in [5, 5.41) is 10.2. The average Bonchev–Trinajstić information content (AvgIpc) is 2.88. The Morgan fingerprint density at radius 3 is 2.31 bits per heavy atom. The zero-order valence-electron chi connectivity index (χ0n) is 20.4. The van der Waals surface area contributed by atoms with Crippen molar-refractivity contribution in [1.29, 1.82) is 0 Å². The normalized spacial score (nSPS) is 18.9. The lowest BCUT2D eigenvalue weighted by Crippen LogP contribution is -2.49. The molecule has 2 aromatic carbocycles. The first-order valence-electron chi connectivity index (χ1n) is 12.0. The molecule has 0 saturated carbocycles. The standard InChI is InChI=1S/C25H31FN4O5S/c1-17(31)18-5-7-24(22(26)14-18)28-10-12-29(13-11-28)25(33)21-15-20(36(34,35)27-2)6-8-23(21)30-9-3-4-19(32)16-30/h5-8,14-15,19,27,32H,3-4,9-13,16H2,1-2H3. The Kier molecular flexibility index (Phi) is 7.62. The fourth-order valence-electron chi connectivity index (χ4n) is 4.72. The lowest BCUT2D eigenvalue weighted by molar-refractivity contribution is 0.0746. The van der Waals surface area contributed by atoms with Gasteiger partial charge in [0, 0.05) is 50.5 Å². The summed E-state index contributed by atoms with van der Waals surface area (Å²) >= 11 is 0. The lowest BCUT2D eigenvalue weighted by Gasteiger charge is -2.38. The van der Waals surface area contributed by atoms with Gasteiger partial charge in [0.15, 0.2) is 5.78 Å². The second kappa shape index (κ2) is 10.5. The molecule has 36 heavy (non-hydrogen) atoms. The van der Waals surface area contributed by atoms with Gasteiger partial charge in [0.25, 0.3) is 5.91 Å². The van der Waals surface area contributed by atoms with Crippen molar-refractivity contribution in [2.75, 3.05) is 56.1 Å². The summed E-state index contributed by atoms with van der Waals surface area (Å²) in [4.78, 5) is 30.5. The highest BCUT2D eigenvalue weighted by atomic mass is 32.2. The zero-order chi connectivity index (χ0) is 26.0. The number of aliphatic hydroxyl groups is 1. The van der Waals surface area contributed by atoms with Crippen LogP contribution in [0.1, 0.15) is 40.5 Å². The van der Waals surface area contributed by atoms with Gasteiger partial charge in [-0.15, -0.1) is 0 Å². The molecule has 0 bridgehead atoms. The van der Waals surface area contributed by atoms with Gasteiger partial charge in [-0.2, -0.15) is 0 Å². The molecular formula is C25H31FN4O5S. The number of amides is 1. The second-order valence-electron chi connectivity index (χ2n) is 9.13. The van der Waals surface area contributed by atoms with Crippen molar-refractivity contribution < 1.29 is 27.5 Å². The Labute approximate surface area is 210 Å². The van der Waals surface area contributed by atoms with Gasteiger partial charge in [-0.05, 0) is 63.2 Å². The van der Waals surface area contributed by atoms with Crippen molar-refractivity contribution >= 4 is 33.1 Å². The maximum absolute atomic E-state index is 14.6. The Morgan fingerprint density at radius 1 is 1.00 bits per heavy atom. The molecule has 4 rings (SSSR count). The van der Waals surface area contributed by atoms with E-state index in [1.807, 2.05) is 9.80 Å². The predicted molar refractivity (Wildman–Crippen MR) is 135 cm³/mol. The topological polar surface area (TPSA) is 110 Å². The van der Waals surface area contributed by atoms with Crippen molar-refractivity contribution in [2.45, 2.75) is 30.8 Å². The fraction of sp³-hybridized carbons (Fsp3) is 0.440. The second-order valence-corrected chi connectivity index (χ2v) is 11.0. The lowest BCUT2D eigenvalue weighted by atomic mass is 10.0. The van der Waals surface area contributed by atoms with Crippen LogP contribution < -0.4 is 14.5 Å². The van der Waals surface area contributed by atoms with Crippen molar-refractivity contribution in [1.82, 2.24) is 9.62 Å². The van der Waals surface area contributed by atoms with Crippen LogP contribution >= 0.6 is 0 Å². The van der Waals surface area contributed by atoms with Crippen LogP contribution in [-0.4, -0.2) is 82.5 Å². The molecule has 2 fully saturated rings. The van der Waals surface area contributed by atoms with E-state index in [4.69, 9.17) is 0 Å². The van der Waals surface area contributed by atoms with Crippen molar-refractivity contribution in [3.8, 4) is 0 Å². The van der Waals surface area contributed by atoms with Crippen molar-refractivity contribution in [3.05, 3.63) is 53.3 Å². The van der Waals surface area contributed by atoms with E-state index in [1.165, 1.54) is 32.2 Å². The molecule has 2 heterocycles. The molecular weight excluding hydrogens is 487 g/mol. The van der Waals surface area contributed by atoms with E-state index in [9.17, 15) is 27.5 Å². The number of nitrogens with one attached hydrogen (secondary N) is 1. The van der Waals surface area contributed by atoms with Crippen LogP contribution in [0.3, 0.4) is 0 Å². The van der Waals surface area contributed by atoms with E-state index in [0.717, 1.165) is 6.42 Å². The number of hydrogen-bond donors (Lipinski definition) is 2. The molecule has 2 aromatic rings. The summed E-state index contributed by atoms with van der Waals surface area (Å²) in [5.41, 5.74) is 1.52. The number of aliphatic hydroxyl groups excluding tert-OH is 1. The number of β-amino-alcohol motifs (C(OH)–C–C–N with tert-alkyl or cyclic N) is 1. The van der Waals surface area contributed by atoms with Crippen LogP contribution in [0.4, 0.5) is 15.8 Å². The minimum Gasteiger partial charge on any atom is -0.391 e. The van der Waals surface area contributed by atoms with E-state index < -0.39 is 21.9 Å². The highest BCUT2D eigenvalue weighted by Crippen LogP contribution is 2.29. The molecule has 2 N–H and O–H groups in total. The highest BCUT2D eigenvalue weighted by Gasteiger charge is 2.29. The molecule has 1 amide bonds. The quantitative estimate of drug-likeness (QED) is 0.562. The molecule has 11 heteroatoms. The number of sulfonamides is 1. The number of Topliss-reactive ketones (excluding diaryl/α,β-unsaturated/α-hetero) is 1. The molecule has 1 atom stereocenters. The molecule has 194 valence electrons. The first kappa shape index (κ1) is 26.1. The largest absolute Gasteiger partial charge is 0.391 e. The smallest absolute Gasteiger partial charge is 0.256 e. The SMILES string of the molecule is CNS(=O)(=O)c1ccc(N2CCCC(O)C2)c(C(=O)N2CCN(c3ccc(C(C)=O)cc3F)CC2)c1. The third-order valence-electron chi connectivity index (χ3n) is 6.78. The van der Waals surface area contributed by atoms with Crippen LogP contribution in [0.5, 0.6) is 0 Å². The Balaban J connectivity index is 1.57. The summed E-state index contributed by atoms with van der Waals surface area (Å²) in [6.07, 6.45) is 0.922. The first-order valence-corrected chi connectivity index (χ1v) is 13.4. The predicted octanol–water partition coefficient (Wildman–Crippen LogP) is 1.86. The molecule has 0 aliphatic carbocycles. The summed E-state index contributed by atoms with van der Waals surface area (Å²) in [5.74, 6) is -1.01. The minimum absolute atomic E-state index is 0.0130. The van der Waals surface area contributed by atoms with Crippen molar-refractivity contribution in [2.24, 2.45) is 0 Å². The number of anilines is 2. The number of piperidine rings is 1. The van der Waals surface area contributed by atoms with Crippen LogP contribution in [0, 0.1) is 5.82 Å². The molecule has 2 saturated heterocycles. The highest BCUT2D eigenvalue weighted by molar-refractivity contribution is 7.89. The summed E-state index contributed by atoms with van der Waals surface area (Å²) in [6, 6.07) is 8.86. The Morgan fingerprint density at radius 2 is 1.69 bits per heavy atom. The number of rotatable bonds is 6. The summed E-state index contributed by atoms with van der Waals surface area (Å²) in [6.45, 7) is 3.80. The molecule has 9 nitrogen and oxygen atoms in total. The van der Waals surface area contributed by atoms with Gasteiger partial charge in [-0.1, -0.05) is 0 Å². The van der Waals surface area contributed by atoms with Crippen molar-refractivity contribution in [3.63, 3.8) is 0 Å². The van der Waals surface area contributed by atoms with Gasteiger partial charge >= 0.3 is 0 Å². The molecule has 2 aliphatic rings. The number of nitrogens with zero attached hydrogens (tertiary/aromatic N) is 3. The third-order valence-corrected chi connectivity index (χ3v) is 8.19. The summed E-state index contributed by atoms with van der Waals surface area (Å²) < 4.78 is 41.8. The molecule has 0 aromatic heterocycles. The van der Waals surface area contributed by atoms with Crippen LogP contribution in [0.2, 0.25) is 0 Å². The third kappa shape index (κ3) is 5.37. The van der Waals surface area contributed by atoms with E-state index in [1.54, 1.807) is 23.1 Å². The number of halogens is 1. The Hall–Kier alpha value is -3.02. The number of piperazine rings is 1. The van der Waals surface area contributed by atoms with E-state index in [2.05, 4.69) is 4.72 Å². The van der Waals surface area contributed by atoms with Crippen LogP contribution in [0.15, 0.2) is 41.3 Å². The van der Waals surface area contributed by atoms with Gasteiger partial charge in [0.05, 0.1) is 22.3 Å². The number of benzene rings is 2. The van der Waals surface area contributed by atoms with Crippen LogP contribution in [-0.2, 0) is 10.0 Å². The van der Waals surface area contributed by atoms with Gasteiger partial charge < -0.3 is 19.8 Å². The molecule has 1 unspecified atom stereocenters. The van der Waals surface area contributed by atoms with E-state index in [-0.39, 0.29) is 22.1 Å². The monoisotopic (exact) mass is 518 g/mol. The van der Waals surface area contributed by atoms with Gasteiger partial charge in [-0.3, -0.25) is 9.59 Å². The number of carbonyl (C=O) groups is 2. The molecule has 0 spiro atoms. The van der Waals surface area contributed by atoms with Crippen LogP contribution in [0.25, 0.3) is 0 Å². The fourth-order valence-corrected chi connectivity index (χ4v) is 5.48. The maximum atomic E-state index is 14.6. The van der Waals surface area contributed by atoms with Gasteiger partial charge in [-0.25, -0.2) is 17.5 Å². The number of ketones is 1. The first-order chi connectivity index (χ1) is 17.1. The summed E-state index contributed by atoms with van der Waals surface area (Å²) in [7, 11) is -2.45. The van der Waals surface area contributed by atoms with Gasteiger partial charge in [0.1, 0.15) is 5.82 Å². The van der Waals surface area contributed by atoms with Gasteiger partial charge in [0.2, 0.25) is 10.0 Å². The number of carbonyl (C=O) groups excluding carboxylic acids is 2. The molecule has 2 aliphatic heterocycles. The Bertz CT molecular complexity index is 1260.